The van der Waals surface area contributed by atoms with Crippen LogP contribution in [0, 0.1) is 5.82 Å². The molecule has 0 aliphatic carbocycles. The second-order valence-corrected chi connectivity index (χ2v) is 7.75. The van der Waals surface area contributed by atoms with E-state index in [-0.39, 0.29) is 5.91 Å². The number of nitrogens with one attached hydrogen (secondary N) is 1. The summed E-state index contributed by atoms with van der Waals surface area (Å²) in [4.78, 5) is 30.2. The van der Waals surface area contributed by atoms with Gasteiger partial charge in [-0.3, -0.25) is 14.8 Å². The number of carbonyl (C=O) groups excluding carboxylic acids is 1. The molecule has 1 amide bonds. The predicted octanol–water partition coefficient (Wildman–Crippen LogP) is 5.24. The second kappa shape index (κ2) is 8.27. The van der Waals surface area contributed by atoms with Gasteiger partial charge in [-0.2, -0.15) is 0 Å². The van der Waals surface area contributed by atoms with E-state index in [1.54, 1.807) is 48.9 Å². The Morgan fingerprint density at radius 3 is 2.76 bits per heavy atom. The Morgan fingerprint density at radius 2 is 1.97 bits per heavy atom. The third-order valence-electron chi connectivity index (χ3n) is 5.61. The minimum Gasteiger partial charge on any atom is -0.346 e. The molecule has 6 nitrogen and oxygen atoms in total. The Bertz CT molecular complexity index is 1510. The SMILES string of the molecule is C=CCN(C)C(=O)c1cnc2[nH]cc(-c3cc(F)c4nccc(-c5cccnc5)c4c3)c2c1. The monoisotopic (exact) mass is 437 g/mol. The molecule has 4 aromatic heterocycles. The van der Waals surface area contributed by atoms with Crippen molar-refractivity contribution in [3.05, 3.63) is 91.4 Å². The van der Waals surface area contributed by atoms with Gasteiger partial charge < -0.3 is 9.88 Å². The van der Waals surface area contributed by atoms with Crippen LogP contribution in [0.3, 0.4) is 0 Å². The number of nitrogens with zero attached hydrogens (tertiary/aromatic N) is 4. The summed E-state index contributed by atoms with van der Waals surface area (Å²) in [5, 5.41) is 1.42. The van der Waals surface area contributed by atoms with Crippen molar-refractivity contribution < 1.29 is 9.18 Å². The topological polar surface area (TPSA) is 74.8 Å². The van der Waals surface area contributed by atoms with E-state index >= 15 is 4.39 Å². The molecular weight excluding hydrogens is 417 g/mol. The maximum Gasteiger partial charge on any atom is 0.255 e. The summed E-state index contributed by atoms with van der Waals surface area (Å²) in [5.41, 5.74) is 4.49. The highest BCUT2D eigenvalue weighted by Gasteiger charge is 2.17. The van der Waals surface area contributed by atoms with E-state index in [2.05, 4.69) is 26.5 Å². The molecule has 0 saturated carbocycles. The van der Waals surface area contributed by atoms with E-state index in [1.165, 1.54) is 12.3 Å². The molecule has 4 heterocycles. The van der Waals surface area contributed by atoms with E-state index in [1.807, 2.05) is 24.3 Å². The summed E-state index contributed by atoms with van der Waals surface area (Å²) >= 11 is 0. The Kier molecular flexibility index (Phi) is 5.14. The first-order valence-corrected chi connectivity index (χ1v) is 10.4. The van der Waals surface area contributed by atoms with E-state index in [9.17, 15) is 4.79 Å². The van der Waals surface area contributed by atoms with Crippen molar-refractivity contribution in [1.82, 2.24) is 24.8 Å². The number of hydrogen-bond acceptors (Lipinski definition) is 4. The summed E-state index contributed by atoms with van der Waals surface area (Å²) < 4.78 is 15.2. The first-order valence-electron chi connectivity index (χ1n) is 10.4. The van der Waals surface area contributed by atoms with Crippen LogP contribution in [0.4, 0.5) is 4.39 Å². The number of carbonyl (C=O) groups is 1. The normalized spacial score (nSPS) is 11.1. The minimum atomic E-state index is -0.423. The molecule has 33 heavy (non-hydrogen) atoms. The number of halogens is 1. The number of H-pyrrole nitrogens is 1. The van der Waals surface area contributed by atoms with Crippen LogP contribution < -0.4 is 0 Å². The van der Waals surface area contributed by atoms with Crippen LogP contribution in [0.5, 0.6) is 0 Å². The Labute approximate surface area is 189 Å². The zero-order chi connectivity index (χ0) is 22.9. The van der Waals surface area contributed by atoms with Crippen LogP contribution in [0.15, 0.2) is 80.0 Å². The Morgan fingerprint density at radius 1 is 1.09 bits per heavy atom. The zero-order valence-electron chi connectivity index (χ0n) is 17.9. The molecule has 1 aromatic carbocycles. The number of benzene rings is 1. The number of amides is 1. The molecule has 1 N–H and O–H groups in total. The lowest BCUT2D eigenvalue weighted by atomic mass is 9.97. The maximum absolute atomic E-state index is 15.2. The smallest absolute Gasteiger partial charge is 0.255 e. The van der Waals surface area contributed by atoms with Gasteiger partial charge in [-0.1, -0.05) is 12.1 Å². The van der Waals surface area contributed by atoms with Crippen LogP contribution in [0.25, 0.3) is 44.2 Å². The number of hydrogen-bond donors (Lipinski definition) is 1. The third-order valence-corrected chi connectivity index (χ3v) is 5.61. The quantitative estimate of drug-likeness (QED) is 0.382. The second-order valence-electron chi connectivity index (χ2n) is 7.75. The first-order chi connectivity index (χ1) is 16.1. The summed E-state index contributed by atoms with van der Waals surface area (Å²) in [6.07, 6.45) is 10.0. The highest BCUT2D eigenvalue weighted by molar-refractivity contribution is 6.03. The van der Waals surface area contributed by atoms with Crippen molar-refractivity contribution in [3.8, 4) is 22.3 Å². The Hall–Kier alpha value is -4.39. The summed E-state index contributed by atoms with van der Waals surface area (Å²) in [6, 6.07) is 10.8. The molecule has 0 radical (unpaired) electrons. The molecule has 5 aromatic rings. The van der Waals surface area contributed by atoms with E-state index < -0.39 is 5.82 Å². The summed E-state index contributed by atoms with van der Waals surface area (Å²) in [7, 11) is 1.71. The molecule has 0 atom stereocenters. The predicted molar refractivity (Wildman–Crippen MR) is 127 cm³/mol. The molecule has 5 rings (SSSR count). The molecule has 0 saturated heterocycles. The highest BCUT2D eigenvalue weighted by atomic mass is 19.1. The van der Waals surface area contributed by atoms with Gasteiger partial charge in [-0.25, -0.2) is 9.37 Å². The average molecular weight is 437 g/mol. The van der Waals surface area contributed by atoms with Crippen LogP contribution in [-0.2, 0) is 0 Å². The number of pyridine rings is 3. The van der Waals surface area contributed by atoms with Gasteiger partial charge >= 0.3 is 0 Å². The van der Waals surface area contributed by atoms with Gasteiger partial charge in [0, 0.05) is 66.5 Å². The fourth-order valence-electron chi connectivity index (χ4n) is 4.00. The molecule has 0 unspecified atom stereocenters. The molecule has 0 aliphatic rings. The van der Waals surface area contributed by atoms with Gasteiger partial charge in [0.05, 0.1) is 5.56 Å². The average Bonchev–Trinajstić information content (AvgIpc) is 3.27. The standard InChI is InChI=1S/C26H20FN5O/c1-3-9-32(2)26(33)18-11-21-22(15-31-25(21)30-14-18)17-10-20-19(16-5-4-7-28-13-16)6-8-29-24(20)23(27)12-17/h3-8,10-15H,1,9H2,2H3,(H,30,31). The Balaban J connectivity index is 1.68. The summed E-state index contributed by atoms with van der Waals surface area (Å²) in [6.45, 7) is 4.10. The van der Waals surface area contributed by atoms with Gasteiger partial charge in [0.1, 0.15) is 17.0 Å². The maximum atomic E-state index is 15.2. The third kappa shape index (κ3) is 3.63. The number of aromatic amines is 1. The zero-order valence-corrected chi connectivity index (χ0v) is 17.9. The number of aromatic nitrogens is 4. The molecule has 7 heteroatoms. The lowest BCUT2D eigenvalue weighted by Gasteiger charge is -2.14. The first kappa shape index (κ1) is 20.5. The van der Waals surface area contributed by atoms with Gasteiger partial charge in [-0.05, 0) is 41.5 Å². The van der Waals surface area contributed by atoms with Crippen molar-refractivity contribution in [2.75, 3.05) is 13.6 Å². The van der Waals surface area contributed by atoms with Crippen LogP contribution in [-0.4, -0.2) is 44.3 Å². The van der Waals surface area contributed by atoms with Crippen molar-refractivity contribution in [2.45, 2.75) is 0 Å². The lowest BCUT2D eigenvalue weighted by molar-refractivity contribution is 0.0810. The van der Waals surface area contributed by atoms with Gasteiger partial charge in [0.25, 0.3) is 5.91 Å². The molecule has 0 fully saturated rings. The van der Waals surface area contributed by atoms with Crippen molar-refractivity contribution >= 4 is 27.8 Å². The van der Waals surface area contributed by atoms with Gasteiger partial charge in [-0.15, -0.1) is 6.58 Å². The lowest BCUT2D eigenvalue weighted by Crippen LogP contribution is -2.26. The molecule has 0 bridgehead atoms. The molecule has 162 valence electrons. The minimum absolute atomic E-state index is 0.163. The molecule has 0 aliphatic heterocycles. The van der Waals surface area contributed by atoms with Gasteiger partial charge in [0.2, 0.25) is 0 Å². The van der Waals surface area contributed by atoms with Crippen LogP contribution >= 0.6 is 0 Å². The largest absolute Gasteiger partial charge is 0.346 e. The number of rotatable bonds is 5. The van der Waals surface area contributed by atoms with Gasteiger partial charge in [0.15, 0.2) is 0 Å². The highest BCUT2D eigenvalue weighted by Crippen LogP contribution is 2.35. The van der Waals surface area contributed by atoms with Crippen LogP contribution in [0.1, 0.15) is 10.4 Å². The number of fused-ring (bicyclic) bond motifs is 2. The van der Waals surface area contributed by atoms with E-state index in [0.29, 0.717) is 34.2 Å². The summed E-state index contributed by atoms with van der Waals surface area (Å²) in [5.74, 6) is -0.585. The van der Waals surface area contributed by atoms with Crippen molar-refractivity contribution in [3.63, 3.8) is 0 Å². The molecule has 0 spiro atoms. The fourth-order valence-corrected chi connectivity index (χ4v) is 4.00. The fraction of sp³-hybridized carbons (Fsp3) is 0.0769. The van der Waals surface area contributed by atoms with Crippen molar-refractivity contribution in [2.24, 2.45) is 0 Å². The van der Waals surface area contributed by atoms with E-state index in [0.717, 1.165) is 22.1 Å². The van der Waals surface area contributed by atoms with E-state index in [4.69, 9.17) is 0 Å². The van der Waals surface area contributed by atoms with Crippen molar-refractivity contribution in [1.29, 1.82) is 0 Å². The number of likely N-dealkylation sites (N-methyl/N-ethyl adjacent to an activating group) is 1. The molecular formula is C26H20FN5O. The van der Waals surface area contributed by atoms with Crippen LogP contribution in [0.2, 0.25) is 0 Å².